The molecule has 1 heterocycles. The van der Waals surface area contributed by atoms with E-state index in [9.17, 15) is 8.42 Å². The van der Waals surface area contributed by atoms with E-state index in [0.717, 1.165) is 25.9 Å². The highest BCUT2D eigenvalue weighted by Crippen LogP contribution is 2.31. The van der Waals surface area contributed by atoms with Gasteiger partial charge >= 0.3 is 0 Å². The van der Waals surface area contributed by atoms with E-state index in [0.29, 0.717) is 11.4 Å². The molecule has 0 aliphatic heterocycles. The number of rotatable bonds is 7. The van der Waals surface area contributed by atoms with Gasteiger partial charge in [0, 0.05) is 5.75 Å². The standard InChI is InChI=1S/C17H18N2O3S3/c1-12-5-3-4-6-14(12)19-25(20,21)10-9-23-17-18-15-8-7-13(22-2)11-16(15)24-17/h3-8,11,19H,9-10H2,1-2H3. The summed E-state index contributed by atoms with van der Waals surface area (Å²) >= 11 is 2.99. The molecule has 5 nitrogen and oxygen atoms in total. The van der Waals surface area contributed by atoms with E-state index in [-0.39, 0.29) is 5.75 Å². The second-order valence-electron chi connectivity index (χ2n) is 5.40. The van der Waals surface area contributed by atoms with Gasteiger partial charge in [-0.3, -0.25) is 4.72 Å². The Morgan fingerprint density at radius 2 is 2.04 bits per heavy atom. The summed E-state index contributed by atoms with van der Waals surface area (Å²) in [6, 6.07) is 13.1. The van der Waals surface area contributed by atoms with Crippen molar-refractivity contribution in [2.45, 2.75) is 11.3 Å². The molecule has 0 amide bonds. The molecule has 0 aliphatic carbocycles. The van der Waals surface area contributed by atoms with Crippen LogP contribution in [0.15, 0.2) is 46.8 Å². The van der Waals surface area contributed by atoms with Crippen LogP contribution in [0.1, 0.15) is 5.56 Å². The number of thioether (sulfide) groups is 1. The first-order valence-electron chi connectivity index (χ1n) is 7.60. The largest absolute Gasteiger partial charge is 0.497 e. The number of ether oxygens (including phenoxy) is 1. The van der Waals surface area contributed by atoms with Crippen molar-refractivity contribution in [1.29, 1.82) is 0 Å². The fraction of sp³-hybridized carbons (Fsp3) is 0.235. The fourth-order valence-electron chi connectivity index (χ4n) is 2.22. The number of fused-ring (bicyclic) bond motifs is 1. The third-order valence-electron chi connectivity index (χ3n) is 3.56. The summed E-state index contributed by atoms with van der Waals surface area (Å²) in [6.45, 7) is 1.88. The Morgan fingerprint density at radius 1 is 1.24 bits per heavy atom. The summed E-state index contributed by atoms with van der Waals surface area (Å²) in [6.07, 6.45) is 0. The Balaban J connectivity index is 1.61. The summed E-state index contributed by atoms with van der Waals surface area (Å²) in [7, 11) is -1.75. The number of aryl methyl sites for hydroxylation is 1. The number of anilines is 1. The van der Waals surface area contributed by atoms with Crippen LogP contribution >= 0.6 is 23.1 Å². The number of nitrogens with one attached hydrogen (secondary N) is 1. The highest BCUT2D eigenvalue weighted by Gasteiger charge is 2.13. The first-order chi connectivity index (χ1) is 12.0. The molecule has 25 heavy (non-hydrogen) atoms. The average Bonchev–Trinajstić information content (AvgIpc) is 2.98. The van der Waals surface area contributed by atoms with Crippen molar-refractivity contribution in [1.82, 2.24) is 4.98 Å². The van der Waals surface area contributed by atoms with Gasteiger partial charge in [0.15, 0.2) is 4.34 Å². The predicted octanol–water partition coefficient (Wildman–Crippen LogP) is 4.15. The number of hydrogen-bond donors (Lipinski definition) is 1. The zero-order valence-electron chi connectivity index (χ0n) is 13.9. The van der Waals surface area contributed by atoms with E-state index in [2.05, 4.69) is 9.71 Å². The Kier molecular flexibility index (Phi) is 5.51. The predicted molar refractivity (Wildman–Crippen MR) is 105 cm³/mol. The van der Waals surface area contributed by atoms with Crippen LogP contribution in [-0.4, -0.2) is 32.0 Å². The molecule has 3 rings (SSSR count). The van der Waals surface area contributed by atoms with Crippen LogP contribution in [0.5, 0.6) is 5.75 Å². The molecule has 0 radical (unpaired) electrons. The summed E-state index contributed by atoms with van der Waals surface area (Å²) in [5, 5.41) is 0. The smallest absolute Gasteiger partial charge is 0.233 e. The average molecular weight is 395 g/mol. The summed E-state index contributed by atoms with van der Waals surface area (Å²) < 4.78 is 34.2. The molecule has 132 valence electrons. The van der Waals surface area contributed by atoms with Crippen LogP contribution in [0.3, 0.4) is 0 Å². The lowest BCUT2D eigenvalue weighted by atomic mass is 10.2. The Bertz CT molecular complexity index is 984. The topological polar surface area (TPSA) is 68.3 Å². The number of aromatic nitrogens is 1. The monoisotopic (exact) mass is 394 g/mol. The molecule has 2 aromatic carbocycles. The molecule has 0 spiro atoms. The number of para-hydroxylation sites is 1. The molecule has 0 saturated carbocycles. The molecule has 8 heteroatoms. The van der Waals surface area contributed by atoms with Gasteiger partial charge in [-0.15, -0.1) is 11.3 Å². The van der Waals surface area contributed by atoms with Gasteiger partial charge in [0.1, 0.15) is 5.75 Å². The van der Waals surface area contributed by atoms with Gasteiger partial charge in [0.2, 0.25) is 10.0 Å². The van der Waals surface area contributed by atoms with Crippen molar-refractivity contribution in [3.63, 3.8) is 0 Å². The van der Waals surface area contributed by atoms with E-state index < -0.39 is 10.0 Å². The minimum Gasteiger partial charge on any atom is -0.497 e. The van der Waals surface area contributed by atoms with Crippen molar-refractivity contribution in [2.75, 3.05) is 23.3 Å². The maximum atomic E-state index is 12.2. The highest BCUT2D eigenvalue weighted by molar-refractivity contribution is 8.02. The molecule has 0 bridgehead atoms. The second kappa shape index (κ2) is 7.63. The summed E-state index contributed by atoms with van der Waals surface area (Å²) in [4.78, 5) is 4.52. The van der Waals surface area contributed by atoms with E-state index in [1.165, 1.54) is 11.8 Å². The molecular weight excluding hydrogens is 376 g/mol. The summed E-state index contributed by atoms with van der Waals surface area (Å²) in [5.74, 6) is 1.27. The molecule has 0 saturated heterocycles. The van der Waals surface area contributed by atoms with E-state index in [1.54, 1.807) is 24.5 Å². The SMILES string of the molecule is COc1ccc2nc(SCCS(=O)(=O)Nc3ccccc3C)sc2c1. The first-order valence-corrected chi connectivity index (χ1v) is 11.1. The van der Waals surface area contributed by atoms with Gasteiger partial charge in [-0.1, -0.05) is 30.0 Å². The lowest BCUT2D eigenvalue weighted by molar-refractivity contribution is 0.415. The molecule has 0 atom stereocenters. The van der Waals surface area contributed by atoms with Crippen LogP contribution in [0.4, 0.5) is 5.69 Å². The van der Waals surface area contributed by atoms with Gasteiger partial charge in [0.05, 0.1) is 28.8 Å². The molecule has 0 fully saturated rings. The van der Waals surface area contributed by atoms with E-state index in [4.69, 9.17) is 4.74 Å². The molecule has 1 N–H and O–H groups in total. The number of sulfonamides is 1. The van der Waals surface area contributed by atoms with Gasteiger partial charge in [-0.2, -0.15) is 0 Å². The first kappa shape index (κ1) is 18.0. The Labute approximate surface area is 155 Å². The lowest BCUT2D eigenvalue weighted by Crippen LogP contribution is -2.18. The zero-order valence-corrected chi connectivity index (χ0v) is 16.3. The zero-order chi connectivity index (χ0) is 17.9. The van der Waals surface area contributed by atoms with Crippen molar-refractivity contribution in [3.8, 4) is 5.75 Å². The summed E-state index contributed by atoms with van der Waals surface area (Å²) in [5.41, 5.74) is 2.42. The van der Waals surface area contributed by atoms with Crippen molar-refractivity contribution in [3.05, 3.63) is 48.0 Å². The lowest BCUT2D eigenvalue weighted by Gasteiger charge is -2.09. The maximum Gasteiger partial charge on any atom is 0.233 e. The van der Waals surface area contributed by atoms with Gasteiger partial charge in [0.25, 0.3) is 0 Å². The van der Waals surface area contributed by atoms with Crippen molar-refractivity contribution in [2.24, 2.45) is 0 Å². The third-order valence-corrected chi connectivity index (χ3v) is 7.26. The van der Waals surface area contributed by atoms with E-state index >= 15 is 0 Å². The van der Waals surface area contributed by atoms with Crippen molar-refractivity contribution >= 4 is 49.0 Å². The minimum atomic E-state index is -3.38. The highest BCUT2D eigenvalue weighted by atomic mass is 32.2. The third kappa shape index (κ3) is 4.65. The number of thiazole rings is 1. The van der Waals surface area contributed by atoms with Gasteiger partial charge in [-0.05, 0) is 36.8 Å². The number of methoxy groups -OCH3 is 1. The van der Waals surface area contributed by atoms with Crippen LogP contribution < -0.4 is 9.46 Å². The molecule has 0 aliphatic rings. The number of benzene rings is 2. The van der Waals surface area contributed by atoms with Crippen molar-refractivity contribution < 1.29 is 13.2 Å². The fourth-order valence-corrected chi connectivity index (χ4v) is 5.91. The molecule has 3 aromatic rings. The quantitative estimate of drug-likeness (QED) is 0.610. The molecule has 1 aromatic heterocycles. The Hall–Kier alpha value is -1.77. The maximum absolute atomic E-state index is 12.2. The second-order valence-corrected chi connectivity index (χ2v) is 9.61. The minimum absolute atomic E-state index is 0.0330. The van der Waals surface area contributed by atoms with E-state index in [1.807, 2.05) is 43.3 Å². The van der Waals surface area contributed by atoms with Crippen LogP contribution in [0.2, 0.25) is 0 Å². The van der Waals surface area contributed by atoms with Crippen LogP contribution in [-0.2, 0) is 10.0 Å². The van der Waals surface area contributed by atoms with Gasteiger partial charge < -0.3 is 4.74 Å². The Morgan fingerprint density at radius 3 is 2.80 bits per heavy atom. The van der Waals surface area contributed by atoms with Crippen LogP contribution in [0.25, 0.3) is 10.2 Å². The normalized spacial score (nSPS) is 11.6. The number of nitrogens with zero attached hydrogens (tertiary/aromatic N) is 1. The van der Waals surface area contributed by atoms with Crippen LogP contribution in [0, 0.1) is 6.92 Å². The number of hydrogen-bond acceptors (Lipinski definition) is 6. The molecule has 0 unspecified atom stereocenters. The van der Waals surface area contributed by atoms with Gasteiger partial charge in [-0.25, -0.2) is 13.4 Å². The molecular formula is C17H18N2O3S3.